The van der Waals surface area contributed by atoms with E-state index in [1.54, 1.807) is 0 Å². The second-order valence-corrected chi connectivity index (χ2v) is 6.57. The molecule has 0 aliphatic heterocycles. The van der Waals surface area contributed by atoms with E-state index >= 15 is 0 Å². The summed E-state index contributed by atoms with van der Waals surface area (Å²) >= 11 is 30.2. The summed E-state index contributed by atoms with van der Waals surface area (Å²) in [6, 6.07) is 0. The maximum Gasteiger partial charge on any atom is 0.160 e. The van der Waals surface area contributed by atoms with Gasteiger partial charge in [0.25, 0.3) is 0 Å². The first-order chi connectivity index (χ1) is 9.40. The highest BCUT2D eigenvalue weighted by Crippen LogP contribution is 2.48. The predicted molar refractivity (Wildman–Crippen MR) is 90.3 cm³/mol. The number of ether oxygens (including phenoxy) is 1. The summed E-state index contributed by atoms with van der Waals surface area (Å²) in [5.41, 5.74) is 0. The molecule has 0 saturated carbocycles. The van der Waals surface area contributed by atoms with Gasteiger partial charge in [-0.25, -0.2) is 0 Å². The SMILES string of the molecule is CCCCCCC(C)Oc1c(Cl)c(Cl)c(Cl)c(Cl)c1Cl. The van der Waals surface area contributed by atoms with E-state index in [0.717, 1.165) is 12.8 Å². The van der Waals surface area contributed by atoms with Crippen LogP contribution >= 0.6 is 58.0 Å². The monoisotopic (exact) mass is 376 g/mol. The van der Waals surface area contributed by atoms with Crippen LogP contribution in [0.15, 0.2) is 0 Å². The Morgan fingerprint density at radius 3 is 1.80 bits per heavy atom. The van der Waals surface area contributed by atoms with Crippen LogP contribution in [0, 0.1) is 0 Å². The van der Waals surface area contributed by atoms with Gasteiger partial charge < -0.3 is 4.74 Å². The summed E-state index contributed by atoms with van der Waals surface area (Å²) in [6.07, 6.45) is 5.62. The van der Waals surface area contributed by atoms with Crippen molar-refractivity contribution in [2.24, 2.45) is 0 Å². The number of hydrogen-bond donors (Lipinski definition) is 0. The molecule has 1 rings (SSSR count). The fraction of sp³-hybridized carbons (Fsp3) is 0.571. The molecule has 0 amide bonds. The van der Waals surface area contributed by atoms with Crippen molar-refractivity contribution in [1.82, 2.24) is 0 Å². The minimum Gasteiger partial charge on any atom is -0.487 e. The van der Waals surface area contributed by atoms with Gasteiger partial charge in [-0.2, -0.15) is 0 Å². The molecule has 20 heavy (non-hydrogen) atoms. The fourth-order valence-corrected chi connectivity index (χ4v) is 3.02. The molecule has 0 N–H and O–H groups in total. The van der Waals surface area contributed by atoms with Gasteiger partial charge in [0, 0.05) is 0 Å². The Kier molecular flexibility index (Phi) is 8.15. The maximum atomic E-state index is 6.12. The van der Waals surface area contributed by atoms with E-state index in [2.05, 4.69) is 6.92 Å². The molecular weight excluding hydrogens is 361 g/mol. The summed E-state index contributed by atoms with van der Waals surface area (Å²) in [7, 11) is 0. The van der Waals surface area contributed by atoms with Crippen molar-refractivity contribution < 1.29 is 4.74 Å². The van der Waals surface area contributed by atoms with Crippen molar-refractivity contribution in [2.75, 3.05) is 0 Å². The molecule has 1 nitrogen and oxygen atoms in total. The fourth-order valence-electron chi connectivity index (χ4n) is 1.81. The summed E-state index contributed by atoms with van der Waals surface area (Å²) < 4.78 is 5.78. The first-order valence-corrected chi connectivity index (χ1v) is 8.47. The Balaban J connectivity index is 2.77. The summed E-state index contributed by atoms with van der Waals surface area (Å²) in [5.74, 6) is 0.302. The highest BCUT2D eigenvalue weighted by Gasteiger charge is 2.21. The van der Waals surface area contributed by atoms with Gasteiger partial charge in [-0.05, 0) is 19.8 Å². The predicted octanol–water partition coefficient (Wildman–Crippen LogP) is 7.69. The van der Waals surface area contributed by atoms with E-state index in [-0.39, 0.29) is 31.2 Å². The van der Waals surface area contributed by atoms with Gasteiger partial charge >= 0.3 is 0 Å². The topological polar surface area (TPSA) is 9.23 Å². The van der Waals surface area contributed by atoms with Crippen LogP contribution in [0.4, 0.5) is 0 Å². The quantitative estimate of drug-likeness (QED) is 0.268. The van der Waals surface area contributed by atoms with Gasteiger partial charge in [0.1, 0.15) is 10.0 Å². The second-order valence-electron chi connectivity index (χ2n) is 4.68. The summed E-state index contributed by atoms with van der Waals surface area (Å²) in [6.45, 7) is 4.15. The molecule has 0 saturated heterocycles. The lowest BCUT2D eigenvalue weighted by atomic mass is 10.1. The Morgan fingerprint density at radius 2 is 1.30 bits per heavy atom. The van der Waals surface area contributed by atoms with Crippen molar-refractivity contribution in [3.8, 4) is 5.75 Å². The molecule has 0 radical (unpaired) electrons. The van der Waals surface area contributed by atoms with E-state index in [1.165, 1.54) is 19.3 Å². The van der Waals surface area contributed by atoms with Gasteiger partial charge in [-0.3, -0.25) is 0 Å². The van der Waals surface area contributed by atoms with Crippen molar-refractivity contribution in [3.05, 3.63) is 25.1 Å². The lowest BCUT2D eigenvalue weighted by molar-refractivity contribution is 0.206. The van der Waals surface area contributed by atoms with Gasteiger partial charge in [0.2, 0.25) is 0 Å². The maximum absolute atomic E-state index is 6.12. The van der Waals surface area contributed by atoms with Gasteiger partial charge in [0.05, 0.1) is 21.2 Å². The Hall–Kier alpha value is 0.470. The molecule has 1 aromatic rings. The molecular formula is C14H17Cl5O. The van der Waals surface area contributed by atoms with Crippen LogP contribution in [0.2, 0.25) is 25.1 Å². The Labute approximate surface area is 145 Å². The average molecular weight is 379 g/mol. The van der Waals surface area contributed by atoms with E-state index < -0.39 is 0 Å². The van der Waals surface area contributed by atoms with E-state index in [9.17, 15) is 0 Å². The molecule has 1 unspecified atom stereocenters. The van der Waals surface area contributed by atoms with Crippen LogP contribution in [-0.4, -0.2) is 6.10 Å². The number of hydrogen-bond acceptors (Lipinski definition) is 1. The van der Waals surface area contributed by atoms with E-state index in [0.29, 0.717) is 5.75 Å². The van der Waals surface area contributed by atoms with Crippen molar-refractivity contribution in [3.63, 3.8) is 0 Å². The van der Waals surface area contributed by atoms with Gasteiger partial charge in [0.15, 0.2) is 5.75 Å². The van der Waals surface area contributed by atoms with Crippen LogP contribution in [0.3, 0.4) is 0 Å². The van der Waals surface area contributed by atoms with Crippen LogP contribution in [0.5, 0.6) is 5.75 Å². The average Bonchev–Trinajstić information content (AvgIpc) is 2.44. The van der Waals surface area contributed by atoms with E-state index in [4.69, 9.17) is 62.7 Å². The first kappa shape index (κ1) is 18.5. The zero-order valence-corrected chi connectivity index (χ0v) is 15.2. The molecule has 1 aromatic carbocycles. The number of benzene rings is 1. The Bertz CT molecular complexity index is 432. The number of rotatable bonds is 7. The molecule has 0 fully saturated rings. The molecule has 0 aliphatic rings. The largest absolute Gasteiger partial charge is 0.487 e. The minimum atomic E-state index is -0.0184. The van der Waals surface area contributed by atoms with Crippen molar-refractivity contribution >= 4 is 58.0 Å². The van der Waals surface area contributed by atoms with Crippen LogP contribution in [0.1, 0.15) is 46.0 Å². The lowest BCUT2D eigenvalue weighted by Crippen LogP contribution is -2.12. The molecule has 1 atom stereocenters. The molecule has 6 heteroatoms. The second kappa shape index (κ2) is 8.80. The van der Waals surface area contributed by atoms with E-state index in [1.807, 2.05) is 6.92 Å². The highest BCUT2D eigenvalue weighted by molar-refractivity contribution is 6.55. The van der Waals surface area contributed by atoms with Gasteiger partial charge in [-0.1, -0.05) is 84.2 Å². The smallest absolute Gasteiger partial charge is 0.160 e. The summed E-state index contributed by atoms with van der Waals surface area (Å²) in [4.78, 5) is 0. The molecule has 0 spiro atoms. The third-order valence-corrected chi connectivity index (χ3v) is 5.19. The normalized spacial score (nSPS) is 12.6. The summed E-state index contributed by atoms with van der Waals surface area (Å²) in [5, 5.41) is 0.871. The van der Waals surface area contributed by atoms with Crippen LogP contribution < -0.4 is 4.74 Å². The molecule has 0 heterocycles. The molecule has 0 bridgehead atoms. The Morgan fingerprint density at radius 1 is 0.800 bits per heavy atom. The zero-order chi connectivity index (χ0) is 15.3. The lowest BCUT2D eigenvalue weighted by Gasteiger charge is -2.18. The first-order valence-electron chi connectivity index (χ1n) is 6.58. The van der Waals surface area contributed by atoms with Crippen molar-refractivity contribution in [1.29, 1.82) is 0 Å². The van der Waals surface area contributed by atoms with Gasteiger partial charge in [-0.15, -0.1) is 0 Å². The number of unbranched alkanes of at least 4 members (excludes halogenated alkanes) is 3. The standard InChI is InChI=1S/C14H17Cl5O/c1-3-4-5-6-7-8(2)20-14-12(18)10(16)9(15)11(17)13(14)19/h8H,3-7H2,1-2H3. The van der Waals surface area contributed by atoms with Crippen LogP contribution in [-0.2, 0) is 0 Å². The zero-order valence-electron chi connectivity index (χ0n) is 11.4. The third kappa shape index (κ3) is 4.74. The molecule has 0 aliphatic carbocycles. The molecule has 0 aromatic heterocycles. The third-order valence-electron chi connectivity index (χ3n) is 2.95. The van der Waals surface area contributed by atoms with Crippen LogP contribution in [0.25, 0.3) is 0 Å². The highest BCUT2D eigenvalue weighted by atomic mass is 35.5. The number of halogens is 5. The minimum absolute atomic E-state index is 0.0184. The molecule has 114 valence electrons. The van der Waals surface area contributed by atoms with Crippen molar-refractivity contribution in [2.45, 2.75) is 52.1 Å².